The Morgan fingerprint density at radius 1 is 0.812 bits per heavy atom. The largest absolute Gasteiger partial charge is 0.507 e. The third-order valence-corrected chi connectivity index (χ3v) is 2.89. The monoisotopic (exact) mass is 214 g/mol. The van der Waals surface area contributed by atoms with Crippen LogP contribution < -0.4 is 0 Å². The maximum Gasteiger partial charge on any atom is 0.127 e. The minimum atomic E-state index is 0.105. The van der Waals surface area contributed by atoms with Gasteiger partial charge in [-0.15, -0.1) is 0 Å². The summed E-state index contributed by atoms with van der Waals surface area (Å²) in [6.07, 6.45) is 0. The molecule has 0 bridgehead atoms. The molecule has 0 aliphatic rings. The number of rotatable bonds is 1. The van der Waals surface area contributed by atoms with E-state index in [1.54, 1.807) is 18.2 Å². The highest BCUT2D eigenvalue weighted by Crippen LogP contribution is 2.38. The van der Waals surface area contributed by atoms with Crippen molar-refractivity contribution in [1.82, 2.24) is 0 Å². The molecule has 0 aromatic heterocycles. The molecule has 2 aromatic carbocycles. The SMILES string of the molecule is Cc1cccc(-c2c(O)cccc2O)c1C. The molecule has 0 spiro atoms. The molecule has 2 heteroatoms. The van der Waals surface area contributed by atoms with Crippen molar-refractivity contribution in [3.05, 3.63) is 47.5 Å². The van der Waals surface area contributed by atoms with E-state index < -0.39 is 0 Å². The molecule has 0 saturated heterocycles. The summed E-state index contributed by atoms with van der Waals surface area (Å²) >= 11 is 0. The summed E-state index contributed by atoms with van der Waals surface area (Å²) in [5.41, 5.74) is 3.58. The minimum Gasteiger partial charge on any atom is -0.507 e. The molecule has 16 heavy (non-hydrogen) atoms. The van der Waals surface area contributed by atoms with Gasteiger partial charge in [-0.2, -0.15) is 0 Å². The minimum absolute atomic E-state index is 0.105. The second-order valence-corrected chi connectivity index (χ2v) is 3.92. The van der Waals surface area contributed by atoms with Gasteiger partial charge in [0.1, 0.15) is 11.5 Å². The van der Waals surface area contributed by atoms with Gasteiger partial charge in [0.15, 0.2) is 0 Å². The van der Waals surface area contributed by atoms with Gasteiger partial charge in [-0.25, -0.2) is 0 Å². The van der Waals surface area contributed by atoms with Crippen LogP contribution in [0, 0.1) is 13.8 Å². The molecular weight excluding hydrogens is 200 g/mol. The summed E-state index contributed by atoms with van der Waals surface area (Å²) in [4.78, 5) is 0. The first-order valence-corrected chi connectivity index (χ1v) is 5.19. The fraction of sp³-hybridized carbons (Fsp3) is 0.143. The fourth-order valence-electron chi connectivity index (χ4n) is 1.83. The summed E-state index contributed by atoms with van der Waals surface area (Å²) in [6.45, 7) is 3.99. The van der Waals surface area contributed by atoms with Crippen molar-refractivity contribution < 1.29 is 10.2 Å². The number of aromatic hydroxyl groups is 2. The van der Waals surface area contributed by atoms with Crippen LogP contribution in [0.25, 0.3) is 11.1 Å². The zero-order valence-electron chi connectivity index (χ0n) is 9.36. The number of hydrogen-bond donors (Lipinski definition) is 2. The van der Waals surface area contributed by atoms with Gasteiger partial charge in [-0.1, -0.05) is 24.3 Å². The van der Waals surface area contributed by atoms with Gasteiger partial charge in [0.25, 0.3) is 0 Å². The molecule has 82 valence electrons. The van der Waals surface area contributed by atoms with Crippen LogP contribution in [0.5, 0.6) is 11.5 Å². The number of phenolic OH excluding ortho intramolecular Hbond substituents is 2. The van der Waals surface area contributed by atoms with Gasteiger partial charge < -0.3 is 10.2 Å². The number of phenols is 2. The van der Waals surface area contributed by atoms with Gasteiger partial charge in [-0.3, -0.25) is 0 Å². The lowest BCUT2D eigenvalue weighted by Gasteiger charge is -2.11. The van der Waals surface area contributed by atoms with E-state index in [1.165, 1.54) is 0 Å². The molecule has 2 rings (SSSR count). The Kier molecular flexibility index (Phi) is 2.57. The van der Waals surface area contributed by atoms with Gasteiger partial charge in [-0.05, 0) is 42.7 Å². The van der Waals surface area contributed by atoms with E-state index in [0.717, 1.165) is 16.7 Å². The van der Waals surface area contributed by atoms with Crippen molar-refractivity contribution in [3.63, 3.8) is 0 Å². The van der Waals surface area contributed by atoms with Crippen molar-refractivity contribution in [2.75, 3.05) is 0 Å². The molecule has 2 aromatic rings. The first-order chi connectivity index (χ1) is 7.61. The van der Waals surface area contributed by atoms with E-state index in [9.17, 15) is 10.2 Å². The standard InChI is InChI=1S/C14H14O2/c1-9-5-3-6-11(10(9)2)14-12(15)7-4-8-13(14)16/h3-8,15-16H,1-2H3. The summed E-state index contributed by atoms with van der Waals surface area (Å²) in [5.74, 6) is 0.211. The molecule has 0 amide bonds. The molecule has 0 atom stereocenters. The highest BCUT2D eigenvalue weighted by molar-refractivity contribution is 5.78. The summed E-state index contributed by atoms with van der Waals surface area (Å²) < 4.78 is 0. The molecule has 2 N–H and O–H groups in total. The van der Waals surface area contributed by atoms with E-state index in [1.807, 2.05) is 32.0 Å². The number of hydrogen-bond acceptors (Lipinski definition) is 2. The predicted octanol–water partition coefficient (Wildman–Crippen LogP) is 3.38. The molecule has 0 fully saturated rings. The molecule has 0 saturated carbocycles. The summed E-state index contributed by atoms with van der Waals surface area (Å²) in [6, 6.07) is 10.6. The zero-order valence-corrected chi connectivity index (χ0v) is 9.36. The first-order valence-electron chi connectivity index (χ1n) is 5.19. The van der Waals surface area contributed by atoms with E-state index in [-0.39, 0.29) is 11.5 Å². The van der Waals surface area contributed by atoms with Crippen LogP contribution in [0.4, 0.5) is 0 Å². The van der Waals surface area contributed by atoms with Crippen LogP contribution in [0.3, 0.4) is 0 Å². The van der Waals surface area contributed by atoms with Gasteiger partial charge >= 0.3 is 0 Å². The zero-order chi connectivity index (χ0) is 11.7. The van der Waals surface area contributed by atoms with Crippen LogP contribution >= 0.6 is 0 Å². The Morgan fingerprint density at radius 2 is 1.38 bits per heavy atom. The Balaban J connectivity index is 2.73. The van der Waals surface area contributed by atoms with Crippen LogP contribution in [0.1, 0.15) is 11.1 Å². The molecule has 0 heterocycles. The van der Waals surface area contributed by atoms with Crippen molar-refractivity contribution in [1.29, 1.82) is 0 Å². The molecule has 0 unspecified atom stereocenters. The maximum atomic E-state index is 9.80. The Hall–Kier alpha value is -1.96. The van der Waals surface area contributed by atoms with Crippen molar-refractivity contribution >= 4 is 0 Å². The topological polar surface area (TPSA) is 40.5 Å². The quantitative estimate of drug-likeness (QED) is 0.764. The normalized spacial score (nSPS) is 10.4. The van der Waals surface area contributed by atoms with Crippen LogP contribution in [0.2, 0.25) is 0 Å². The van der Waals surface area contributed by atoms with Crippen LogP contribution in [0.15, 0.2) is 36.4 Å². The fourth-order valence-corrected chi connectivity index (χ4v) is 1.83. The Bertz CT molecular complexity index is 510. The molecule has 0 aliphatic carbocycles. The van der Waals surface area contributed by atoms with Crippen molar-refractivity contribution in [2.24, 2.45) is 0 Å². The number of aryl methyl sites for hydroxylation is 1. The molecule has 0 radical (unpaired) electrons. The highest BCUT2D eigenvalue weighted by Gasteiger charge is 2.12. The molecular formula is C14H14O2. The Labute approximate surface area is 94.8 Å². The van der Waals surface area contributed by atoms with Gasteiger partial charge in [0.05, 0.1) is 5.56 Å². The average molecular weight is 214 g/mol. The van der Waals surface area contributed by atoms with Crippen molar-refractivity contribution in [3.8, 4) is 22.6 Å². The second-order valence-electron chi connectivity index (χ2n) is 3.92. The average Bonchev–Trinajstić information content (AvgIpc) is 2.24. The lowest BCUT2D eigenvalue weighted by molar-refractivity contribution is 0.454. The highest BCUT2D eigenvalue weighted by atomic mass is 16.3. The second kappa shape index (κ2) is 3.89. The lowest BCUT2D eigenvalue weighted by Crippen LogP contribution is -1.88. The van der Waals surface area contributed by atoms with E-state index in [2.05, 4.69) is 0 Å². The van der Waals surface area contributed by atoms with Crippen LogP contribution in [-0.4, -0.2) is 10.2 Å². The Morgan fingerprint density at radius 3 is 2.00 bits per heavy atom. The maximum absolute atomic E-state index is 9.80. The first kappa shape index (κ1) is 10.6. The van der Waals surface area contributed by atoms with Gasteiger partial charge in [0.2, 0.25) is 0 Å². The van der Waals surface area contributed by atoms with E-state index in [0.29, 0.717) is 5.56 Å². The van der Waals surface area contributed by atoms with E-state index in [4.69, 9.17) is 0 Å². The van der Waals surface area contributed by atoms with Crippen molar-refractivity contribution in [2.45, 2.75) is 13.8 Å². The summed E-state index contributed by atoms with van der Waals surface area (Å²) in [5, 5.41) is 19.6. The third-order valence-electron chi connectivity index (χ3n) is 2.89. The van der Waals surface area contributed by atoms with Gasteiger partial charge in [0, 0.05) is 0 Å². The predicted molar refractivity (Wildman–Crippen MR) is 64.7 cm³/mol. The van der Waals surface area contributed by atoms with Crippen LogP contribution in [-0.2, 0) is 0 Å². The molecule has 2 nitrogen and oxygen atoms in total. The third kappa shape index (κ3) is 1.63. The summed E-state index contributed by atoms with van der Waals surface area (Å²) in [7, 11) is 0. The number of benzene rings is 2. The van der Waals surface area contributed by atoms with E-state index >= 15 is 0 Å². The smallest absolute Gasteiger partial charge is 0.127 e. The lowest BCUT2D eigenvalue weighted by atomic mass is 9.96. The molecule has 0 aliphatic heterocycles.